The molecule has 0 spiro atoms. The molecule has 4 heteroatoms. The molecular weight excluding hydrogens is 344 g/mol. The van der Waals surface area contributed by atoms with Crippen LogP contribution in [0.2, 0.25) is 0 Å². The van der Waals surface area contributed by atoms with Crippen molar-refractivity contribution in [3.63, 3.8) is 0 Å². The smallest absolute Gasteiger partial charge is 0.0722 e. The first-order chi connectivity index (χ1) is 13.3. The number of hydrogen-bond acceptors (Lipinski definition) is 4. The summed E-state index contributed by atoms with van der Waals surface area (Å²) < 4.78 is 0. The molecule has 0 amide bonds. The number of benzene rings is 1. The van der Waals surface area contributed by atoms with E-state index in [1.54, 1.807) is 0 Å². The number of pyridine rings is 1. The van der Waals surface area contributed by atoms with Gasteiger partial charge in [0.1, 0.15) is 0 Å². The fourth-order valence-corrected chi connectivity index (χ4v) is 5.51. The molecule has 154 valence electrons. The van der Waals surface area contributed by atoms with Gasteiger partial charge in [0.25, 0.3) is 0 Å². The molecule has 2 saturated heterocycles. The van der Waals surface area contributed by atoms with Crippen molar-refractivity contribution in [2.24, 2.45) is 5.92 Å². The summed E-state index contributed by atoms with van der Waals surface area (Å²) in [7, 11) is 0. The van der Waals surface area contributed by atoms with Crippen LogP contribution in [-0.4, -0.2) is 41.6 Å². The summed E-state index contributed by atoms with van der Waals surface area (Å²) in [6.07, 6.45) is 11.4. The number of anilines is 1. The van der Waals surface area contributed by atoms with Crippen LogP contribution in [0, 0.1) is 5.92 Å². The summed E-state index contributed by atoms with van der Waals surface area (Å²) in [4.78, 5) is 9.99. The quantitative estimate of drug-likeness (QED) is 0.725. The van der Waals surface area contributed by atoms with Gasteiger partial charge in [0.2, 0.25) is 0 Å². The topological polar surface area (TPSA) is 54.4 Å². The Morgan fingerprint density at radius 2 is 1.75 bits per heavy atom. The van der Waals surface area contributed by atoms with E-state index in [1.165, 1.54) is 82.2 Å². The van der Waals surface area contributed by atoms with Gasteiger partial charge >= 0.3 is 0 Å². The van der Waals surface area contributed by atoms with Crippen LogP contribution in [0.25, 0.3) is 10.9 Å². The summed E-state index contributed by atoms with van der Waals surface area (Å²) in [6.45, 7) is 9.79. The number of hydrogen-bond donors (Lipinski definition) is 1. The Bertz CT molecular complexity index is 742. The molecular formula is C24H38N4. The summed E-state index contributed by atoms with van der Waals surface area (Å²) in [6, 6.07) is 10.8. The summed E-state index contributed by atoms with van der Waals surface area (Å²) in [5.74, 6) is 0.852. The van der Waals surface area contributed by atoms with Gasteiger partial charge in [-0.2, -0.15) is 0 Å². The Morgan fingerprint density at radius 3 is 2.50 bits per heavy atom. The van der Waals surface area contributed by atoms with Crippen LogP contribution in [-0.2, 0) is 0 Å². The third kappa shape index (κ3) is 4.04. The first kappa shape index (κ1) is 21.1. The fourth-order valence-electron chi connectivity index (χ4n) is 5.51. The molecule has 4 rings (SSSR count). The molecule has 1 aromatic carbocycles. The lowest BCUT2D eigenvalue weighted by Gasteiger charge is -2.49. The largest absolute Gasteiger partial charge is 0.371 e. The van der Waals surface area contributed by atoms with E-state index in [0.29, 0.717) is 5.54 Å². The van der Waals surface area contributed by atoms with Gasteiger partial charge in [-0.25, -0.2) is 0 Å². The Kier molecular flexibility index (Phi) is 6.95. The van der Waals surface area contributed by atoms with Crippen LogP contribution in [0.4, 0.5) is 5.69 Å². The van der Waals surface area contributed by atoms with Crippen LogP contribution in [0.5, 0.6) is 0 Å². The molecule has 3 N–H and O–H groups in total. The highest BCUT2D eigenvalue weighted by atomic mass is 15.2. The second-order valence-electron chi connectivity index (χ2n) is 8.61. The minimum absolute atomic E-state index is 0. The molecule has 0 bridgehead atoms. The number of fused-ring (bicyclic) bond motifs is 1. The summed E-state index contributed by atoms with van der Waals surface area (Å²) >= 11 is 0. The highest BCUT2D eigenvalue weighted by molar-refractivity contribution is 5.91. The Hall–Kier alpha value is -1.65. The zero-order chi connectivity index (χ0) is 18.7. The minimum Gasteiger partial charge on any atom is -0.371 e. The van der Waals surface area contributed by atoms with Crippen LogP contribution < -0.4 is 11.1 Å². The highest BCUT2D eigenvalue weighted by Gasteiger charge is 2.37. The second-order valence-corrected chi connectivity index (χ2v) is 8.61. The molecule has 0 radical (unpaired) electrons. The van der Waals surface area contributed by atoms with Crippen LogP contribution >= 0.6 is 0 Å². The normalized spacial score (nSPS) is 20.9. The van der Waals surface area contributed by atoms with Gasteiger partial charge in [-0.3, -0.25) is 9.88 Å². The third-order valence-electron chi connectivity index (χ3n) is 7.37. The maximum Gasteiger partial charge on any atom is 0.0722 e. The van der Waals surface area contributed by atoms with E-state index in [1.807, 2.05) is 6.20 Å². The number of rotatable bonds is 5. The van der Waals surface area contributed by atoms with E-state index in [9.17, 15) is 0 Å². The van der Waals surface area contributed by atoms with Crippen molar-refractivity contribution in [2.45, 2.75) is 64.3 Å². The van der Waals surface area contributed by atoms with Crippen molar-refractivity contribution in [3.8, 4) is 0 Å². The average molecular weight is 383 g/mol. The van der Waals surface area contributed by atoms with E-state index in [0.717, 1.165) is 11.4 Å². The van der Waals surface area contributed by atoms with Gasteiger partial charge in [-0.1, -0.05) is 38.5 Å². The standard InChI is InChI=1S/C24H35N3.H3N/c1-3-24(4-2)14-7-8-16-27(24)19-20-12-17-26(18-13-20)23-11-15-25-22-10-6-5-9-21(22)23;/h5-6,9-11,15,20H,3-4,7-8,12-14,16-19H2,1-2H3;1H3. The molecule has 4 nitrogen and oxygen atoms in total. The lowest BCUT2D eigenvalue weighted by molar-refractivity contribution is 0.0220. The monoisotopic (exact) mass is 382 g/mol. The zero-order valence-electron chi connectivity index (χ0n) is 17.9. The number of likely N-dealkylation sites (tertiary alicyclic amines) is 1. The van der Waals surface area contributed by atoms with Crippen molar-refractivity contribution in [1.82, 2.24) is 16.0 Å². The zero-order valence-corrected chi connectivity index (χ0v) is 17.9. The van der Waals surface area contributed by atoms with Crippen LogP contribution in [0.1, 0.15) is 58.8 Å². The number of nitrogens with zero attached hydrogens (tertiary/aromatic N) is 3. The molecule has 3 heterocycles. The SMILES string of the molecule is CCC1(CC)CCCCN1CC1CCN(c2ccnc3ccccc23)CC1.N. The van der Waals surface area contributed by atoms with Crippen LogP contribution in [0.3, 0.4) is 0 Å². The lowest BCUT2D eigenvalue weighted by Crippen LogP contribution is -2.53. The molecule has 28 heavy (non-hydrogen) atoms. The molecule has 2 aromatic rings. The average Bonchev–Trinajstić information content (AvgIpc) is 2.74. The van der Waals surface area contributed by atoms with Crippen molar-refractivity contribution in [1.29, 1.82) is 0 Å². The molecule has 0 unspecified atom stereocenters. The van der Waals surface area contributed by atoms with Crippen molar-refractivity contribution >= 4 is 16.6 Å². The predicted molar refractivity (Wildman–Crippen MR) is 120 cm³/mol. The molecule has 0 atom stereocenters. The Balaban J connectivity index is 0.00000225. The van der Waals surface area contributed by atoms with Gasteiger partial charge in [-0.15, -0.1) is 0 Å². The van der Waals surface area contributed by atoms with Gasteiger partial charge in [-0.05, 0) is 63.1 Å². The molecule has 0 saturated carbocycles. The number of piperidine rings is 2. The molecule has 2 aliphatic heterocycles. The molecule has 1 aromatic heterocycles. The van der Waals surface area contributed by atoms with Crippen molar-refractivity contribution in [2.75, 3.05) is 31.1 Å². The fraction of sp³-hybridized carbons (Fsp3) is 0.625. The first-order valence-electron chi connectivity index (χ1n) is 11.1. The van der Waals surface area contributed by atoms with Gasteiger partial charge < -0.3 is 11.1 Å². The highest BCUT2D eigenvalue weighted by Crippen LogP contribution is 2.36. The maximum absolute atomic E-state index is 4.53. The van der Waals surface area contributed by atoms with E-state index in [2.05, 4.69) is 59.0 Å². The predicted octanol–water partition coefficient (Wildman–Crippen LogP) is 5.66. The number of para-hydroxylation sites is 1. The molecule has 2 aliphatic rings. The van der Waals surface area contributed by atoms with Crippen molar-refractivity contribution < 1.29 is 0 Å². The number of aromatic nitrogens is 1. The summed E-state index contributed by atoms with van der Waals surface area (Å²) in [5.41, 5.74) is 2.96. The van der Waals surface area contributed by atoms with Crippen LogP contribution in [0.15, 0.2) is 36.5 Å². The maximum atomic E-state index is 4.53. The minimum atomic E-state index is 0. The van der Waals surface area contributed by atoms with E-state index < -0.39 is 0 Å². The van der Waals surface area contributed by atoms with Gasteiger partial charge in [0.05, 0.1) is 5.52 Å². The van der Waals surface area contributed by atoms with E-state index in [-0.39, 0.29) is 6.15 Å². The third-order valence-corrected chi connectivity index (χ3v) is 7.37. The van der Waals surface area contributed by atoms with Crippen molar-refractivity contribution in [3.05, 3.63) is 36.5 Å². The second kappa shape index (κ2) is 9.23. The Labute approximate surface area is 170 Å². The summed E-state index contributed by atoms with van der Waals surface area (Å²) in [5, 5.41) is 1.30. The van der Waals surface area contributed by atoms with Gasteiger partial charge in [0, 0.05) is 42.4 Å². The lowest BCUT2D eigenvalue weighted by atomic mass is 9.80. The van der Waals surface area contributed by atoms with Gasteiger partial charge in [0.15, 0.2) is 0 Å². The molecule has 0 aliphatic carbocycles. The van der Waals surface area contributed by atoms with E-state index >= 15 is 0 Å². The van der Waals surface area contributed by atoms with E-state index in [4.69, 9.17) is 0 Å². The first-order valence-corrected chi connectivity index (χ1v) is 11.1. The Morgan fingerprint density at radius 1 is 1.00 bits per heavy atom. The molecule has 2 fully saturated rings.